The Labute approximate surface area is 183 Å². The van der Waals surface area contributed by atoms with Crippen LogP contribution in [0.4, 0.5) is 0 Å². The van der Waals surface area contributed by atoms with Crippen molar-refractivity contribution in [1.82, 2.24) is 10.2 Å². The predicted octanol–water partition coefficient (Wildman–Crippen LogP) is 4.34. The summed E-state index contributed by atoms with van der Waals surface area (Å²) in [5.74, 6) is -0.668. The molecular formula is C24H21BrN2O3. The quantitative estimate of drug-likeness (QED) is 0.528. The Morgan fingerprint density at radius 1 is 0.900 bits per heavy atom. The van der Waals surface area contributed by atoms with Crippen LogP contribution in [0.1, 0.15) is 39.1 Å². The van der Waals surface area contributed by atoms with E-state index < -0.39 is 0 Å². The molecule has 4 rings (SSSR count). The SMILES string of the molecule is O=C(CCCN1C(=O)c2cccc3cccc(c23)C1=O)NCCc1ccccc1Br. The molecule has 0 aliphatic carbocycles. The highest BCUT2D eigenvalue weighted by Gasteiger charge is 2.32. The fourth-order valence-corrected chi connectivity index (χ4v) is 4.29. The van der Waals surface area contributed by atoms with E-state index in [-0.39, 0.29) is 30.7 Å². The molecule has 1 aliphatic heterocycles. The smallest absolute Gasteiger partial charge is 0.261 e. The molecule has 0 saturated carbocycles. The highest BCUT2D eigenvalue weighted by atomic mass is 79.9. The first-order chi connectivity index (χ1) is 14.6. The third-order valence-corrected chi connectivity index (χ3v) is 6.09. The predicted molar refractivity (Wildman–Crippen MR) is 119 cm³/mol. The fourth-order valence-electron chi connectivity index (χ4n) is 3.81. The van der Waals surface area contributed by atoms with Crippen molar-refractivity contribution >= 4 is 44.4 Å². The molecule has 0 aromatic heterocycles. The molecule has 3 aromatic carbocycles. The molecule has 3 amide bonds. The van der Waals surface area contributed by atoms with Gasteiger partial charge < -0.3 is 5.32 Å². The van der Waals surface area contributed by atoms with E-state index in [1.807, 2.05) is 48.5 Å². The maximum Gasteiger partial charge on any atom is 0.261 e. The summed E-state index contributed by atoms with van der Waals surface area (Å²) in [6, 6.07) is 18.9. The summed E-state index contributed by atoms with van der Waals surface area (Å²) in [4.78, 5) is 39.1. The summed E-state index contributed by atoms with van der Waals surface area (Å²) in [5.41, 5.74) is 2.22. The molecule has 6 heteroatoms. The van der Waals surface area contributed by atoms with E-state index in [2.05, 4.69) is 21.2 Å². The van der Waals surface area contributed by atoms with Gasteiger partial charge >= 0.3 is 0 Å². The van der Waals surface area contributed by atoms with Crippen molar-refractivity contribution in [2.75, 3.05) is 13.1 Å². The zero-order valence-corrected chi connectivity index (χ0v) is 17.9. The number of nitrogens with one attached hydrogen (secondary N) is 1. The summed E-state index contributed by atoms with van der Waals surface area (Å²) >= 11 is 3.50. The molecule has 30 heavy (non-hydrogen) atoms. The van der Waals surface area contributed by atoms with Gasteiger partial charge in [-0.3, -0.25) is 19.3 Å². The Morgan fingerprint density at radius 2 is 1.57 bits per heavy atom. The van der Waals surface area contributed by atoms with E-state index in [0.29, 0.717) is 24.1 Å². The van der Waals surface area contributed by atoms with Crippen molar-refractivity contribution in [3.8, 4) is 0 Å². The van der Waals surface area contributed by atoms with Gasteiger partial charge in [0.1, 0.15) is 0 Å². The molecular weight excluding hydrogens is 444 g/mol. The first-order valence-electron chi connectivity index (χ1n) is 9.94. The van der Waals surface area contributed by atoms with Crippen LogP contribution in [0.5, 0.6) is 0 Å². The Kier molecular flexibility index (Phi) is 5.95. The number of nitrogens with zero attached hydrogens (tertiary/aromatic N) is 1. The van der Waals surface area contributed by atoms with Gasteiger partial charge in [-0.05, 0) is 42.0 Å². The third kappa shape index (κ3) is 4.00. The van der Waals surface area contributed by atoms with Crippen LogP contribution in [0.2, 0.25) is 0 Å². The van der Waals surface area contributed by atoms with Crippen LogP contribution >= 0.6 is 15.9 Å². The molecule has 0 saturated heterocycles. The number of amides is 3. The number of halogens is 1. The fraction of sp³-hybridized carbons (Fsp3) is 0.208. The first-order valence-corrected chi connectivity index (χ1v) is 10.7. The highest BCUT2D eigenvalue weighted by molar-refractivity contribution is 9.10. The third-order valence-electron chi connectivity index (χ3n) is 5.32. The number of benzene rings is 3. The lowest BCUT2D eigenvalue weighted by Crippen LogP contribution is -2.41. The zero-order valence-electron chi connectivity index (χ0n) is 16.4. The van der Waals surface area contributed by atoms with Gasteiger partial charge in [0.15, 0.2) is 0 Å². The van der Waals surface area contributed by atoms with Crippen LogP contribution in [-0.4, -0.2) is 35.7 Å². The minimum Gasteiger partial charge on any atom is -0.356 e. The number of carbonyl (C=O) groups excluding carboxylic acids is 3. The lowest BCUT2D eigenvalue weighted by Gasteiger charge is -2.27. The van der Waals surface area contributed by atoms with Crippen molar-refractivity contribution in [2.45, 2.75) is 19.3 Å². The highest BCUT2D eigenvalue weighted by Crippen LogP contribution is 2.30. The van der Waals surface area contributed by atoms with Crippen LogP contribution in [0, 0.1) is 0 Å². The van der Waals surface area contributed by atoms with Gasteiger partial charge in [-0.25, -0.2) is 0 Å². The molecule has 1 heterocycles. The standard InChI is InChI=1S/C24H21BrN2O3/c25-20-11-2-1-6-16(20)13-14-26-21(28)12-5-15-27-23(29)18-9-3-7-17-8-4-10-19(22(17)18)24(27)30/h1-4,6-11H,5,12-15H2,(H,26,28). The average molecular weight is 465 g/mol. The Hall–Kier alpha value is -2.99. The largest absolute Gasteiger partial charge is 0.356 e. The van der Waals surface area contributed by atoms with E-state index in [4.69, 9.17) is 0 Å². The van der Waals surface area contributed by atoms with Crippen LogP contribution in [0.3, 0.4) is 0 Å². The molecule has 1 aliphatic rings. The summed E-state index contributed by atoms with van der Waals surface area (Å²) in [6.07, 6.45) is 1.42. The van der Waals surface area contributed by atoms with Gasteiger partial charge in [-0.15, -0.1) is 0 Å². The van der Waals surface area contributed by atoms with Crippen LogP contribution in [0.15, 0.2) is 65.1 Å². The van der Waals surface area contributed by atoms with Crippen LogP contribution < -0.4 is 5.32 Å². The van der Waals surface area contributed by atoms with Crippen molar-refractivity contribution in [1.29, 1.82) is 0 Å². The summed E-state index contributed by atoms with van der Waals surface area (Å²) in [7, 11) is 0. The Balaban J connectivity index is 1.32. The van der Waals surface area contributed by atoms with Crippen LogP contribution in [-0.2, 0) is 11.2 Å². The van der Waals surface area contributed by atoms with Gasteiger partial charge in [0.25, 0.3) is 11.8 Å². The number of rotatable bonds is 7. The minimum atomic E-state index is -0.293. The van der Waals surface area contributed by atoms with E-state index in [0.717, 1.165) is 27.2 Å². The van der Waals surface area contributed by atoms with E-state index >= 15 is 0 Å². The zero-order chi connectivity index (χ0) is 21.1. The Bertz CT molecular complexity index is 1090. The monoisotopic (exact) mass is 464 g/mol. The van der Waals surface area contributed by atoms with E-state index in [1.165, 1.54) is 4.90 Å². The van der Waals surface area contributed by atoms with Gasteiger partial charge in [-0.2, -0.15) is 0 Å². The van der Waals surface area contributed by atoms with Crippen molar-refractivity contribution in [3.63, 3.8) is 0 Å². The molecule has 152 valence electrons. The Morgan fingerprint density at radius 3 is 2.23 bits per heavy atom. The molecule has 1 N–H and O–H groups in total. The molecule has 0 radical (unpaired) electrons. The summed E-state index contributed by atoms with van der Waals surface area (Å²) in [5, 5.41) is 4.51. The lowest BCUT2D eigenvalue weighted by molar-refractivity contribution is -0.121. The van der Waals surface area contributed by atoms with Crippen molar-refractivity contribution in [3.05, 3.63) is 81.8 Å². The van der Waals surface area contributed by atoms with E-state index in [1.54, 1.807) is 12.1 Å². The molecule has 3 aromatic rings. The number of imide groups is 1. The molecule has 0 bridgehead atoms. The minimum absolute atomic E-state index is 0.0820. The van der Waals surface area contributed by atoms with Gasteiger partial charge in [0, 0.05) is 40.5 Å². The summed E-state index contributed by atoms with van der Waals surface area (Å²) < 4.78 is 1.02. The van der Waals surface area contributed by atoms with E-state index in [9.17, 15) is 14.4 Å². The second kappa shape index (κ2) is 8.79. The second-order valence-electron chi connectivity index (χ2n) is 7.27. The molecule has 0 spiro atoms. The van der Waals surface area contributed by atoms with Gasteiger partial charge in [-0.1, -0.05) is 58.4 Å². The number of hydrogen-bond acceptors (Lipinski definition) is 3. The second-order valence-corrected chi connectivity index (χ2v) is 8.12. The maximum absolute atomic E-state index is 12.9. The van der Waals surface area contributed by atoms with Crippen LogP contribution in [0.25, 0.3) is 10.8 Å². The van der Waals surface area contributed by atoms with Gasteiger partial charge in [0.2, 0.25) is 5.91 Å². The molecule has 0 fully saturated rings. The molecule has 0 unspecified atom stereocenters. The summed E-state index contributed by atoms with van der Waals surface area (Å²) in [6.45, 7) is 0.762. The number of carbonyl (C=O) groups is 3. The van der Waals surface area contributed by atoms with Gasteiger partial charge in [0.05, 0.1) is 0 Å². The maximum atomic E-state index is 12.9. The average Bonchev–Trinajstić information content (AvgIpc) is 2.75. The molecule has 0 atom stereocenters. The topological polar surface area (TPSA) is 66.5 Å². The lowest BCUT2D eigenvalue weighted by atomic mass is 9.94. The van der Waals surface area contributed by atoms with Crippen molar-refractivity contribution < 1.29 is 14.4 Å². The number of hydrogen-bond donors (Lipinski definition) is 1. The normalized spacial score (nSPS) is 13.0. The molecule has 5 nitrogen and oxygen atoms in total. The van der Waals surface area contributed by atoms with Crippen molar-refractivity contribution in [2.24, 2.45) is 0 Å². The first kappa shape index (κ1) is 20.3.